The van der Waals surface area contributed by atoms with Gasteiger partial charge in [-0.2, -0.15) is 21.6 Å². The summed E-state index contributed by atoms with van der Waals surface area (Å²) >= 11 is 0. The van der Waals surface area contributed by atoms with Crippen LogP contribution in [0.25, 0.3) is 0 Å². The van der Waals surface area contributed by atoms with Crippen LogP contribution in [0.1, 0.15) is 31.2 Å². The molecule has 1 spiro atoms. The third-order valence-electron chi connectivity index (χ3n) is 5.11. The van der Waals surface area contributed by atoms with E-state index in [1.54, 1.807) is 0 Å². The van der Waals surface area contributed by atoms with Crippen LogP contribution in [-0.2, 0) is 30.2 Å². The molecule has 1 saturated carbocycles. The molecule has 2 fully saturated rings. The first-order valence-electron chi connectivity index (χ1n) is 8.43. The molecule has 5 nitrogen and oxygen atoms in total. The van der Waals surface area contributed by atoms with Gasteiger partial charge in [0, 0.05) is 12.8 Å². The Hall–Kier alpha value is -1.16. The molecule has 0 amide bonds. The van der Waals surface area contributed by atoms with E-state index in [0.29, 0.717) is 45.3 Å². The fourth-order valence-electron chi connectivity index (χ4n) is 3.62. The second-order valence-electron chi connectivity index (χ2n) is 6.93. The maximum absolute atomic E-state index is 12.6. The zero-order chi connectivity index (χ0) is 18.9. The van der Waals surface area contributed by atoms with Gasteiger partial charge in [0.15, 0.2) is 5.79 Å². The molecular weight excluding hydrogens is 373 g/mol. The number of benzene rings is 1. The minimum atomic E-state index is -5.62. The first-order chi connectivity index (χ1) is 12.2. The minimum Gasteiger partial charge on any atom is -0.348 e. The Morgan fingerprint density at radius 1 is 1.00 bits per heavy atom. The Balaban J connectivity index is 1.76. The highest BCUT2D eigenvalue weighted by Crippen LogP contribution is 2.47. The second-order valence-corrected chi connectivity index (χ2v) is 8.54. The van der Waals surface area contributed by atoms with E-state index in [0.717, 1.165) is 5.56 Å². The summed E-state index contributed by atoms with van der Waals surface area (Å²) in [5.41, 5.74) is -5.22. The highest BCUT2D eigenvalue weighted by atomic mass is 32.2. The Morgan fingerprint density at radius 2 is 1.58 bits per heavy atom. The molecule has 1 aromatic rings. The van der Waals surface area contributed by atoms with Gasteiger partial charge in [0.1, 0.15) is 0 Å². The largest absolute Gasteiger partial charge is 0.523 e. The third kappa shape index (κ3) is 4.21. The van der Waals surface area contributed by atoms with Gasteiger partial charge in [0.05, 0.1) is 19.8 Å². The van der Waals surface area contributed by atoms with E-state index >= 15 is 0 Å². The van der Waals surface area contributed by atoms with Gasteiger partial charge >= 0.3 is 15.6 Å². The molecule has 9 heteroatoms. The normalized spacial score (nSPS) is 22.6. The van der Waals surface area contributed by atoms with Crippen molar-refractivity contribution in [2.24, 2.45) is 5.41 Å². The van der Waals surface area contributed by atoms with Gasteiger partial charge in [-0.1, -0.05) is 30.3 Å². The molecule has 0 aromatic heterocycles. The van der Waals surface area contributed by atoms with Crippen LogP contribution >= 0.6 is 0 Å². The molecule has 0 atom stereocenters. The molecule has 0 unspecified atom stereocenters. The van der Waals surface area contributed by atoms with Crippen molar-refractivity contribution in [3.8, 4) is 0 Å². The van der Waals surface area contributed by atoms with Crippen LogP contribution in [-0.4, -0.2) is 39.5 Å². The average molecular weight is 394 g/mol. The maximum Gasteiger partial charge on any atom is 0.523 e. The van der Waals surface area contributed by atoms with E-state index in [2.05, 4.69) is 4.18 Å². The Morgan fingerprint density at radius 3 is 2.12 bits per heavy atom. The maximum atomic E-state index is 12.6. The van der Waals surface area contributed by atoms with Crippen LogP contribution in [0, 0.1) is 5.41 Å². The molecule has 1 aromatic carbocycles. The lowest BCUT2D eigenvalue weighted by atomic mass is 9.69. The lowest BCUT2D eigenvalue weighted by Crippen LogP contribution is -2.44. The van der Waals surface area contributed by atoms with Gasteiger partial charge in [-0.25, -0.2) is 0 Å². The summed E-state index contributed by atoms with van der Waals surface area (Å²) in [4.78, 5) is 0. The van der Waals surface area contributed by atoms with Crippen molar-refractivity contribution >= 4 is 10.1 Å². The Kier molecular flexibility index (Phi) is 5.35. The van der Waals surface area contributed by atoms with E-state index in [1.165, 1.54) is 0 Å². The molecule has 1 aliphatic heterocycles. The molecule has 0 bridgehead atoms. The van der Waals surface area contributed by atoms with E-state index in [9.17, 15) is 21.6 Å². The molecular formula is C17H21F3O5S. The molecule has 26 heavy (non-hydrogen) atoms. The van der Waals surface area contributed by atoms with Crippen molar-refractivity contribution in [3.05, 3.63) is 35.9 Å². The minimum absolute atomic E-state index is 0.428. The van der Waals surface area contributed by atoms with Gasteiger partial charge in [0.2, 0.25) is 0 Å². The molecule has 1 heterocycles. The Bertz CT molecular complexity index is 702. The first kappa shape index (κ1) is 19.6. The standard InChI is InChI=1S/C17H21F3O5S/c18-17(19,20)26(21,22)25-13-15(12-14-4-2-1-3-5-14)6-8-16(9-7-15)23-10-11-24-16/h1-5H,6-13H2. The quantitative estimate of drug-likeness (QED) is 0.566. The van der Waals surface area contributed by atoms with E-state index < -0.39 is 33.4 Å². The zero-order valence-electron chi connectivity index (χ0n) is 14.1. The number of hydrogen-bond acceptors (Lipinski definition) is 5. The van der Waals surface area contributed by atoms with Crippen LogP contribution in [0.3, 0.4) is 0 Å². The number of alkyl halides is 3. The molecule has 0 N–H and O–H groups in total. The number of halogens is 3. The van der Waals surface area contributed by atoms with Crippen molar-refractivity contribution in [2.45, 2.75) is 43.4 Å². The van der Waals surface area contributed by atoms with Crippen molar-refractivity contribution in [2.75, 3.05) is 19.8 Å². The predicted molar refractivity (Wildman–Crippen MR) is 86.6 cm³/mol. The fraction of sp³-hybridized carbons (Fsp3) is 0.647. The van der Waals surface area contributed by atoms with Crippen LogP contribution in [0.4, 0.5) is 13.2 Å². The summed E-state index contributed by atoms with van der Waals surface area (Å²) in [6.45, 7) is 0.467. The third-order valence-corrected chi connectivity index (χ3v) is 6.11. The molecule has 1 aliphatic carbocycles. The van der Waals surface area contributed by atoms with Gasteiger partial charge < -0.3 is 9.47 Å². The Labute approximate surface area is 150 Å². The van der Waals surface area contributed by atoms with Gasteiger partial charge in [-0.15, -0.1) is 0 Å². The first-order valence-corrected chi connectivity index (χ1v) is 9.84. The predicted octanol–water partition coefficient (Wildman–Crippen LogP) is 3.40. The highest BCUT2D eigenvalue weighted by molar-refractivity contribution is 7.87. The summed E-state index contributed by atoms with van der Waals surface area (Å²) in [5, 5.41) is 0. The SMILES string of the molecule is O=S(=O)(OCC1(Cc2ccccc2)CCC2(CC1)OCCO2)C(F)(F)F. The van der Waals surface area contributed by atoms with E-state index in [1.807, 2.05) is 30.3 Å². The van der Waals surface area contributed by atoms with Crippen LogP contribution in [0.2, 0.25) is 0 Å². The molecule has 2 aliphatic rings. The van der Waals surface area contributed by atoms with Crippen LogP contribution in [0.5, 0.6) is 0 Å². The zero-order valence-corrected chi connectivity index (χ0v) is 14.9. The molecule has 0 radical (unpaired) electrons. The smallest absolute Gasteiger partial charge is 0.348 e. The summed E-state index contributed by atoms with van der Waals surface area (Å²) in [6, 6.07) is 9.25. The summed E-state index contributed by atoms with van der Waals surface area (Å²) in [6.07, 6.45) is 2.33. The molecule has 1 saturated heterocycles. The van der Waals surface area contributed by atoms with Crippen LogP contribution < -0.4 is 0 Å². The van der Waals surface area contributed by atoms with Crippen molar-refractivity contribution in [3.63, 3.8) is 0 Å². The highest BCUT2D eigenvalue weighted by Gasteiger charge is 2.51. The van der Waals surface area contributed by atoms with Gasteiger partial charge in [0.25, 0.3) is 0 Å². The van der Waals surface area contributed by atoms with Gasteiger partial charge in [-0.3, -0.25) is 4.18 Å². The van der Waals surface area contributed by atoms with Crippen molar-refractivity contribution in [1.82, 2.24) is 0 Å². The number of hydrogen-bond donors (Lipinski definition) is 0. The fourth-order valence-corrected chi connectivity index (χ4v) is 4.16. The van der Waals surface area contributed by atoms with Gasteiger partial charge in [-0.05, 0) is 30.2 Å². The molecule has 146 valence electrons. The second kappa shape index (κ2) is 7.10. The number of rotatable bonds is 5. The number of ether oxygens (including phenoxy) is 2. The monoisotopic (exact) mass is 394 g/mol. The van der Waals surface area contributed by atoms with Crippen molar-refractivity contribution < 1.29 is 35.2 Å². The summed E-state index contributed by atoms with van der Waals surface area (Å²) in [7, 11) is -5.62. The van der Waals surface area contributed by atoms with E-state index in [4.69, 9.17) is 9.47 Å². The average Bonchev–Trinajstić information content (AvgIpc) is 3.05. The lowest BCUT2D eigenvalue weighted by molar-refractivity contribution is -0.194. The summed E-state index contributed by atoms with van der Waals surface area (Å²) in [5.74, 6) is -0.691. The lowest BCUT2D eigenvalue weighted by Gasteiger charge is -2.43. The topological polar surface area (TPSA) is 61.8 Å². The van der Waals surface area contributed by atoms with Crippen LogP contribution in [0.15, 0.2) is 30.3 Å². The molecule has 3 rings (SSSR count). The van der Waals surface area contributed by atoms with E-state index in [-0.39, 0.29) is 0 Å². The summed E-state index contributed by atoms with van der Waals surface area (Å²) < 4.78 is 76.3. The van der Waals surface area contributed by atoms with Crippen molar-refractivity contribution in [1.29, 1.82) is 0 Å².